The quantitative estimate of drug-likeness (QED) is 0.0937. The molecule has 35 heavy (non-hydrogen) atoms. The van der Waals surface area contributed by atoms with Crippen molar-refractivity contribution in [3.8, 4) is 0 Å². The molecule has 3 amide bonds. The number of benzene rings is 1. The molecule has 198 valence electrons. The van der Waals surface area contributed by atoms with Crippen molar-refractivity contribution in [2.75, 3.05) is 50.9 Å². The van der Waals surface area contributed by atoms with Crippen LogP contribution in [0.1, 0.15) is 20.7 Å². The van der Waals surface area contributed by atoms with Crippen LogP contribution in [0.4, 0.5) is 5.69 Å². The van der Waals surface area contributed by atoms with Crippen molar-refractivity contribution in [1.82, 2.24) is 10.6 Å². The predicted molar refractivity (Wildman–Crippen MR) is 150 cm³/mol. The number of anilines is 1. The summed E-state index contributed by atoms with van der Waals surface area (Å²) in [4.78, 5) is 39.9. The molecule has 1 aromatic carbocycles. The first-order valence-corrected chi connectivity index (χ1v) is 13.3. The molecule has 0 bridgehead atoms. The lowest BCUT2D eigenvalue weighted by Crippen LogP contribution is -2.44. The molecule has 10 N–H and O–H groups in total. The third kappa shape index (κ3) is 8.81. The van der Waals surface area contributed by atoms with Crippen LogP contribution in [0, 0.1) is 10.7 Å². The van der Waals surface area contributed by atoms with Gasteiger partial charge in [-0.2, -0.15) is 0 Å². The van der Waals surface area contributed by atoms with Gasteiger partial charge in [-0.15, -0.1) is 0 Å². The largest absolute Gasteiger partial charge is 0.394 e. The second kappa shape index (κ2) is 15.7. The monoisotopic (exact) mass is 836 g/mol. The van der Waals surface area contributed by atoms with Gasteiger partial charge in [-0.25, -0.2) is 0 Å². The lowest BCUT2D eigenvalue weighted by Gasteiger charge is -2.29. The fourth-order valence-electron chi connectivity index (χ4n) is 2.71. The fourth-order valence-corrected chi connectivity index (χ4v) is 7.44. The Morgan fingerprint density at radius 3 is 1.51 bits per heavy atom. The summed E-state index contributed by atoms with van der Waals surface area (Å²) in [6.45, 7) is -3.28. The highest BCUT2D eigenvalue weighted by molar-refractivity contribution is 14.1. The van der Waals surface area contributed by atoms with E-state index in [-0.39, 0.29) is 47.2 Å². The van der Waals surface area contributed by atoms with Gasteiger partial charge < -0.3 is 51.9 Å². The molecule has 13 nitrogen and oxygen atoms in total. The van der Waals surface area contributed by atoms with Crippen LogP contribution in [-0.4, -0.2) is 113 Å². The number of carbonyl (C=O) groups excluding carboxylic acids is 3. The maximum atomic E-state index is 13.1. The Morgan fingerprint density at radius 1 is 0.771 bits per heavy atom. The second-order valence-electron chi connectivity index (χ2n) is 7.18. The van der Waals surface area contributed by atoms with Crippen molar-refractivity contribution in [3.05, 3.63) is 21.8 Å². The number of rotatable bonds is 13. The van der Waals surface area contributed by atoms with Gasteiger partial charge in [-0.3, -0.25) is 14.4 Å². The molecule has 0 aliphatic heterocycles. The molecule has 0 aromatic heterocycles. The lowest BCUT2D eigenvalue weighted by atomic mass is 10.1. The zero-order valence-electron chi connectivity index (χ0n) is 18.2. The van der Waals surface area contributed by atoms with Gasteiger partial charge in [0.2, 0.25) is 5.91 Å². The molecule has 0 saturated carbocycles. The van der Waals surface area contributed by atoms with Gasteiger partial charge in [0.05, 0.1) is 75.2 Å². The molecule has 0 spiro atoms. The normalized spacial score (nSPS) is 13.7. The minimum absolute atomic E-state index is 0.0204. The summed E-state index contributed by atoms with van der Waals surface area (Å²) in [7, 11) is 0. The van der Waals surface area contributed by atoms with E-state index in [0.29, 0.717) is 0 Å². The molecular formula is C19H27I3N4O9. The summed E-state index contributed by atoms with van der Waals surface area (Å²) in [6, 6.07) is 0. The summed E-state index contributed by atoms with van der Waals surface area (Å²) in [5.41, 5.74) is 5.59. The summed E-state index contributed by atoms with van der Waals surface area (Å²) in [6.07, 6.45) is -3.80. The fraction of sp³-hybridized carbons (Fsp3) is 0.526. The Kier molecular flexibility index (Phi) is 14.6. The molecule has 0 aliphatic carbocycles. The molecule has 0 radical (unpaired) electrons. The summed E-state index contributed by atoms with van der Waals surface area (Å²) in [5.74, 6) is -2.08. The molecule has 0 heterocycles. The molecule has 0 aliphatic rings. The van der Waals surface area contributed by atoms with Gasteiger partial charge in [0.15, 0.2) is 0 Å². The van der Waals surface area contributed by atoms with E-state index in [9.17, 15) is 34.8 Å². The van der Waals surface area contributed by atoms with Gasteiger partial charge in [0, 0.05) is 16.7 Å². The number of aliphatic hydroxyl groups excluding tert-OH is 6. The summed E-state index contributed by atoms with van der Waals surface area (Å²) < 4.78 is 0.646. The highest BCUT2D eigenvalue weighted by Crippen LogP contribution is 2.38. The maximum absolute atomic E-state index is 13.1. The van der Waals surface area contributed by atoms with Crippen LogP contribution in [0.3, 0.4) is 0 Å². The zero-order chi connectivity index (χ0) is 26.9. The smallest absolute Gasteiger partial charge is 0.253 e. The van der Waals surface area contributed by atoms with Gasteiger partial charge in [0.1, 0.15) is 0 Å². The summed E-state index contributed by atoms with van der Waals surface area (Å²) >= 11 is 5.40. The van der Waals surface area contributed by atoms with Crippen molar-refractivity contribution in [2.24, 2.45) is 5.73 Å². The van der Waals surface area contributed by atoms with Gasteiger partial charge in [-0.05, 0) is 67.8 Å². The molecule has 3 unspecified atom stereocenters. The van der Waals surface area contributed by atoms with Crippen LogP contribution in [0.25, 0.3) is 0 Å². The first kappa shape index (κ1) is 32.6. The minimum Gasteiger partial charge on any atom is -0.394 e. The summed E-state index contributed by atoms with van der Waals surface area (Å²) in [5, 5.41) is 61.5. The van der Waals surface area contributed by atoms with Crippen molar-refractivity contribution in [1.29, 1.82) is 0 Å². The average Bonchev–Trinajstić information content (AvgIpc) is 2.84. The molecule has 1 aromatic rings. The molecule has 16 heteroatoms. The van der Waals surface area contributed by atoms with Crippen LogP contribution in [0.15, 0.2) is 0 Å². The second-order valence-corrected chi connectivity index (χ2v) is 10.4. The Labute approximate surface area is 241 Å². The van der Waals surface area contributed by atoms with Crippen molar-refractivity contribution in [2.45, 2.75) is 18.3 Å². The van der Waals surface area contributed by atoms with Gasteiger partial charge in [0.25, 0.3) is 11.8 Å². The Bertz CT molecular complexity index is 869. The Balaban J connectivity index is 3.78. The van der Waals surface area contributed by atoms with E-state index < -0.39 is 62.4 Å². The molecule has 0 saturated heterocycles. The van der Waals surface area contributed by atoms with Crippen LogP contribution in [-0.2, 0) is 4.79 Å². The van der Waals surface area contributed by atoms with E-state index >= 15 is 0 Å². The number of carbonyl (C=O) groups is 3. The van der Waals surface area contributed by atoms with E-state index in [1.165, 1.54) is 0 Å². The number of nitrogens with one attached hydrogen (secondary N) is 2. The van der Waals surface area contributed by atoms with E-state index in [0.717, 1.165) is 4.90 Å². The van der Waals surface area contributed by atoms with Crippen LogP contribution >= 0.6 is 67.8 Å². The zero-order valence-corrected chi connectivity index (χ0v) is 24.7. The Hall–Kier alpha value is -0.460. The van der Waals surface area contributed by atoms with Crippen molar-refractivity contribution < 1.29 is 45.0 Å². The predicted octanol–water partition coefficient (Wildman–Crippen LogP) is -2.69. The third-order valence-electron chi connectivity index (χ3n) is 4.52. The van der Waals surface area contributed by atoms with Crippen LogP contribution < -0.4 is 21.3 Å². The number of nitrogens with two attached hydrogens (primary N) is 1. The number of amides is 3. The van der Waals surface area contributed by atoms with Crippen LogP contribution in [0.5, 0.6) is 0 Å². The number of nitrogens with zero attached hydrogens (tertiary/aromatic N) is 1. The first-order chi connectivity index (χ1) is 16.4. The van der Waals surface area contributed by atoms with Crippen molar-refractivity contribution in [3.63, 3.8) is 0 Å². The number of hydrogen-bond donors (Lipinski definition) is 9. The van der Waals surface area contributed by atoms with Crippen LogP contribution in [0.2, 0.25) is 0 Å². The SMILES string of the molecule is NCC(=O)N(CC(O)CO)c1c(I)c(C(=O)NCC(O)CO)c(I)c(C(=O)NCC(O)CO)c1I. The first-order valence-electron chi connectivity index (χ1n) is 10.1. The van der Waals surface area contributed by atoms with Gasteiger partial charge >= 0.3 is 0 Å². The highest BCUT2D eigenvalue weighted by atomic mass is 127. The average molecular weight is 836 g/mol. The third-order valence-corrected chi connectivity index (χ3v) is 7.69. The number of hydrogen-bond acceptors (Lipinski definition) is 10. The minimum atomic E-state index is -1.34. The van der Waals surface area contributed by atoms with E-state index in [2.05, 4.69) is 10.6 Å². The number of aliphatic hydroxyl groups is 6. The molecule has 3 atom stereocenters. The van der Waals surface area contributed by atoms with E-state index in [1.54, 1.807) is 22.6 Å². The lowest BCUT2D eigenvalue weighted by molar-refractivity contribution is -0.117. The topological polar surface area (TPSA) is 226 Å². The van der Waals surface area contributed by atoms with E-state index in [4.69, 9.17) is 15.9 Å². The Morgan fingerprint density at radius 2 is 1.17 bits per heavy atom. The van der Waals surface area contributed by atoms with Crippen molar-refractivity contribution >= 4 is 91.2 Å². The molecule has 0 fully saturated rings. The molecule has 1 rings (SSSR count). The highest BCUT2D eigenvalue weighted by Gasteiger charge is 2.32. The molecular weight excluding hydrogens is 809 g/mol. The maximum Gasteiger partial charge on any atom is 0.253 e. The standard InChI is InChI=1S/C19H27I3N4O9/c20-14-12(18(34)24-2-8(30)5-27)15(21)17(26(11(33)1-23)4-10(32)7-29)16(22)13(14)19(35)25-3-9(31)6-28/h8-10,27-32H,1-7,23H2,(H,24,34)(H,25,35). The number of halogens is 3. The van der Waals surface area contributed by atoms with Gasteiger partial charge in [-0.1, -0.05) is 0 Å². The van der Waals surface area contributed by atoms with E-state index in [1.807, 2.05) is 45.2 Å².